The van der Waals surface area contributed by atoms with Crippen LogP contribution in [0.3, 0.4) is 0 Å². The molecule has 2 rings (SSSR count). The van der Waals surface area contributed by atoms with Crippen molar-refractivity contribution in [2.75, 3.05) is 11.6 Å². The van der Waals surface area contributed by atoms with Gasteiger partial charge in [-0.2, -0.15) is 16.9 Å². The van der Waals surface area contributed by atoms with Crippen LogP contribution in [0, 0.1) is 6.92 Å². The van der Waals surface area contributed by atoms with Crippen LogP contribution in [0.15, 0.2) is 24.4 Å². The molecule has 2 amide bonds. The van der Waals surface area contributed by atoms with Gasteiger partial charge in [-0.3, -0.25) is 4.68 Å². The summed E-state index contributed by atoms with van der Waals surface area (Å²) in [7, 11) is 1.87. The molecule has 2 N–H and O–H groups in total. The average molecular weight is 339 g/mol. The summed E-state index contributed by atoms with van der Waals surface area (Å²) in [6.45, 7) is 2.39. The van der Waals surface area contributed by atoms with Crippen molar-refractivity contribution in [3.63, 3.8) is 0 Å². The molecule has 5 nitrogen and oxygen atoms in total. The molecular formula is C15H19ClN4OS. The molecule has 7 heteroatoms. The van der Waals surface area contributed by atoms with Gasteiger partial charge in [0, 0.05) is 30.6 Å². The van der Waals surface area contributed by atoms with E-state index in [9.17, 15) is 4.79 Å². The van der Waals surface area contributed by atoms with Crippen molar-refractivity contribution < 1.29 is 4.79 Å². The van der Waals surface area contributed by atoms with E-state index in [4.69, 9.17) is 11.6 Å². The van der Waals surface area contributed by atoms with Crippen LogP contribution in [-0.4, -0.2) is 22.1 Å². The molecule has 2 aromatic rings. The molecule has 118 valence electrons. The Balaban J connectivity index is 1.97. The second kappa shape index (κ2) is 7.56. The third-order valence-corrected chi connectivity index (χ3v) is 4.32. The predicted octanol–water partition coefficient (Wildman–Crippen LogP) is 3.57. The van der Waals surface area contributed by atoms with Gasteiger partial charge in [0.2, 0.25) is 0 Å². The third kappa shape index (κ3) is 4.18. The van der Waals surface area contributed by atoms with Crippen molar-refractivity contribution in [3.05, 3.63) is 46.2 Å². The van der Waals surface area contributed by atoms with Gasteiger partial charge in [-0.05, 0) is 30.9 Å². The largest absolute Gasteiger partial charge is 0.334 e. The molecule has 0 saturated carbocycles. The molecule has 1 aromatic heterocycles. The van der Waals surface area contributed by atoms with Crippen LogP contribution in [0.5, 0.6) is 0 Å². The molecule has 0 radical (unpaired) electrons. The SMILES string of the molecule is CSCc1ccc(Cl)c(NC(=O)NCc2cnn(C)c2C)c1. The van der Waals surface area contributed by atoms with E-state index in [1.54, 1.807) is 28.7 Å². The number of aromatic nitrogens is 2. The van der Waals surface area contributed by atoms with E-state index in [1.807, 2.05) is 32.4 Å². The standard InChI is InChI=1S/C15H19ClN4OS/c1-10-12(8-18-20(10)2)7-17-15(21)19-14-6-11(9-22-3)4-5-13(14)16/h4-6,8H,7,9H2,1-3H3,(H2,17,19,21). The number of benzene rings is 1. The lowest BCUT2D eigenvalue weighted by Crippen LogP contribution is -2.28. The number of carbonyl (C=O) groups is 1. The Bertz CT molecular complexity index is 672. The first-order valence-corrected chi connectivity index (χ1v) is 8.58. The second-order valence-electron chi connectivity index (χ2n) is 4.93. The summed E-state index contributed by atoms with van der Waals surface area (Å²) in [6, 6.07) is 5.37. The van der Waals surface area contributed by atoms with Crippen LogP contribution in [0.1, 0.15) is 16.8 Å². The highest BCUT2D eigenvalue weighted by molar-refractivity contribution is 7.97. The van der Waals surface area contributed by atoms with Crippen LogP contribution in [0.2, 0.25) is 5.02 Å². The van der Waals surface area contributed by atoms with E-state index in [0.717, 1.165) is 22.6 Å². The van der Waals surface area contributed by atoms with Crippen LogP contribution in [0.4, 0.5) is 10.5 Å². The number of thioether (sulfide) groups is 1. The van der Waals surface area contributed by atoms with Gasteiger partial charge in [0.1, 0.15) is 0 Å². The maximum atomic E-state index is 12.0. The summed E-state index contributed by atoms with van der Waals surface area (Å²) < 4.78 is 1.78. The molecule has 0 fully saturated rings. The molecule has 0 bridgehead atoms. The van der Waals surface area contributed by atoms with E-state index in [-0.39, 0.29) is 6.03 Å². The lowest BCUT2D eigenvalue weighted by Gasteiger charge is -2.10. The minimum Gasteiger partial charge on any atom is -0.334 e. The maximum absolute atomic E-state index is 12.0. The Hall–Kier alpha value is -1.66. The number of hydrogen-bond acceptors (Lipinski definition) is 3. The summed E-state index contributed by atoms with van der Waals surface area (Å²) in [5, 5.41) is 10.3. The smallest absolute Gasteiger partial charge is 0.319 e. The zero-order chi connectivity index (χ0) is 16.1. The number of nitrogens with zero attached hydrogens (tertiary/aromatic N) is 2. The fraction of sp³-hybridized carbons (Fsp3) is 0.333. The van der Waals surface area contributed by atoms with E-state index in [0.29, 0.717) is 17.3 Å². The van der Waals surface area contributed by atoms with E-state index in [2.05, 4.69) is 15.7 Å². The number of urea groups is 1. The summed E-state index contributed by atoms with van der Waals surface area (Å²) in [6.07, 6.45) is 3.78. The van der Waals surface area contributed by atoms with Gasteiger partial charge in [0.05, 0.1) is 16.9 Å². The molecule has 0 aliphatic rings. The first kappa shape index (κ1) is 16.7. The Morgan fingerprint density at radius 3 is 2.86 bits per heavy atom. The van der Waals surface area contributed by atoms with Crippen LogP contribution in [-0.2, 0) is 19.3 Å². The van der Waals surface area contributed by atoms with Crippen molar-refractivity contribution in [1.29, 1.82) is 0 Å². The Morgan fingerprint density at radius 1 is 1.45 bits per heavy atom. The van der Waals surface area contributed by atoms with Crippen molar-refractivity contribution in [1.82, 2.24) is 15.1 Å². The normalized spacial score (nSPS) is 10.5. The molecule has 0 aliphatic carbocycles. The first-order chi connectivity index (χ1) is 10.5. The van der Waals surface area contributed by atoms with Crippen LogP contribution >= 0.6 is 23.4 Å². The van der Waals surface area contributed by atoms with Gasteiger partial charge in [-0.1, -0.05) is 17.7 Å². The monoisotopic (exact) mass is 338 g/mol. The number of aryl methyl sites for hydroxylation is 1. The topological polar surface area (TPSA) is 59.0 Å². The highest BCUT2D eigenvalue weighted by atomic mass is 35.5. The van der Waals surface area contributed by atoms with Crippen LogP contribution < -0.4 is 10.6 Å². The number of anilines is 1. The van der Waals surface area contributed by atoms with E-state index >= 15 is 0 Å². The molecule has 0 spiro atoms. The number of nitrogens with one attached hydrogen (secondary N) is 2. The molecule has 0 aliphatic heterocycles. The number of hydrogen-bond donors (Lipinski definition) is 2. The van der Waals surface area contributed by atoms with Crippen molar-refractivity contribution in [2.24, 2.45) is 7.05 Å². The van der Waals surface area contributed by atoms with Crippen LogP contribution in [0.25, 0.3) is 0 Å². The van der Waals surface area contributed by atoms with Crippen molar-refractivity contribution in [2.45, 2.75) is 19.2 Å². The molecule has 1 heterocycles. The average Bonchev–Trinajstić information content (AvgIpc) is 2.80. The fourth-order valence-corrected chi connectivity index (χ4v) is 2.66. The molecule has 0 unspecified atom stereocenters. The molecule has 0 saturated heterocycles. The fourth-order valence-electron chi connectivity index (χ4n) is 1.98. The minimum atomic E-state index is -0.286. The quantitative estimate of drug-likeness (QED) is 0.876. The highest BCUT2D eigenvalue weighted by Crippen LogP contribution is 2.24. The number of amides is 2. The summed E-state index contributed by atoms with van der Waals surface area (Å²) >= 11 is 7.84. The van der Waals surface area contributed by atoms with E-state index < -0.39 is 0 Å². The molecule has 0 atom stereocenters. The first-order valence-electron chi connectivity index (χ1n) is 6.81. The molecule has 1 aromatic carbocycles. The number of rotatable bonds is 5. The Labute approximate surface area is 139 Å². The Kier molecular flexibility index (Phi) is 5.74. The lowest BCUT2D eigenvalue weighted by molar-refractivity contribution is 0.251. The van der Waals surface area contributed by atoms with Gasteiger partial charge >= 0.3 is 6.03 Å². The summed E-state index contributed by atoms with van der Waals surface area (Å²) in [5.41, 5.74) is 3.75. The lowest BCUT2D eigenvalue weighted by atomic mass is 10.2. The zero-order valence-corrected chi connectivity index (χ0v) is 14.4. The van der Waals surface area contributed by atoms with Gasteiger partial charge in [-0.25, -0.2) is 4.79 Å². The molecule has 22 heavy (non-hydrogen) atoms. The van der Waals surface area contributed by atoms with Gasteiger partial charge < -0.3 is 10.6 Å². The second-order valence-corrected chi connectivity index (χ2v) is 6.21. The van der Waals surface area contributed by atoms with Crippen molar-refractivity contribution in [3.8, 4) is 0 Å². The van der Waals surface area contributed by atoms with Gasteiger partial charge in [0.15, 0.2) is 0 Å². The Morgan fingerprint density at radius 2 is 2.23 bits per heavy atom. The third-order valence-electron chi connectivity index (χ3n) is 3.37. The maximum Gasteiger partial charge on any atom is 0.319 e. The zero-order valence-electron chi connectivity index (χ0n) is 12.8. The van der Waals surface area contributed by atoms with E-state index in [1.165, 1.54) is 0 Å². The number of halogens is 1. The molecular weight excluding hydrogens is 320 g/mol. The highest BCUT2D eigenvalue weighted by Gasteiger charge is 2.09. The number of carbonyl (C=O) groups excluding carboxylic acids is 1. The van der Waals surface area contributed by atoms with Crippen molar-refractivity contribution >= 4 is 35.1 Å². The summed E-state index contributed by atoms with van der Waals surface area (Å²) in [4.78, 5) is 12.0. The van der Waals surface area contributed by atoms with Gasteiger partial charge in [0.25, 0.3) is 0 Å². The summed E-state index contributed by atoms with van der Waals surface area (Å²) in [5.74, 6) is 0.877. The predicted molar refractivity (Wildman–Crippen MR) is 92.5 cm³/mol. The van der Waals surface area contributed by atoms with Gasteiger partial charge in [-0.15, -0.1) is 0 Å². The minimum absolute atomic E-state index is 0.286.